The van der Waals surface area contributed by atoms with Gasteiger partial charge in [0.15, 0.2) is 16.9 Å². The molecule has 4 rings (SSSR count). The standard InChI is InChI=1S/C23H17Br2NO5/c1-29-19-10-15(17(24)11-20(19)30-2)22-16(8-12-4-3-7-26-23(12)25)21(28)14-6-5-13(27)9-18(14)31-22/h3-7,9-11,27H,8H2,1-2H3. The summed E-state index contributed by atoms with van der Waals surface area (Å²) >= 11 is 7.01. The van der Waals surface area contributed by atoms with Crippen LogP contribution in [0, 0.1) is 0 Å². The van der Waals surface area contributed by atoms with E-state index in [0.717, 1.165) is 5.56 Å². The molecular formula is C23H17Br2NO5. The highest BCUT2D eigenvalue weighted by atomic mass is 79.9. The van der Waals surface area contributed by atoms with Gasteiger partial charge in [0.1, 0.15) is 21.7 Å². The van der Waals surface area contributed by atoms with Crippen molar-refractivity contribution in [2.45, 2.75) is 6.42 Å². The second-order valence-electron chi connectivity index (χ2n) is 6.74. The van der Waals surface area contributed by atoms with Crippen LogP contribution in [0.2, 0.25) is 0 Å². The highest BCUT2D eigenvalue weighted by Gasteiger charge is 2.21. The molecule has 0 aliphatic carbocycles. The van der Waals surface area contributed by atoms with E-state index >= 15 is 0 Å². The van der Waals surface area contributed by atoms with Crippen molar-refractivity contribution in [2.24, 2.45) is 0 Å². The number of benzene rings is 2. The number of methoxy groups -OCH3 is 2. The number of hydrogen-bond acceptors (Lipinski definition) is 6. The van der Waals surface area contributed by atoms with Crippen LogP contribution in [0.5, 0.6) is 17.2 Å². The fraction of sp³-hybridized carbons (Fsp3) is 0.130. The van der Waals surface area contributed by atoms with Crippen LogP contribution in [0.15, 0.2) is 66.9 Å². The third kappa shape index (κ3) is 4.05. The van der Waals surface area contributed by atoms with Gasteiger partial charge in [-0.3, -0.25) is 4.79 Å². The maximum absolute atomic E-state index is 13.5. The zero-order valence-corrected chi connectivity index (χ0v) is 19.8. The van der Waals surface area contributed by atoms with Crippen molar-refractivity contribution in [3.05, 3.63) is 79.1 Å². The normalized spacial score (nSPS) is 11.0. The molecular weight excluding hydrogens is 530 g/mol. The lowest BCUT2D eigenvalue weighted by molar-refractivity contribution is 0.355. The lowest BCUT2D eigenvalue weighted by atomic mass is 9.99. The van der Waals surface area contributed by atoms with Crippen LogP contribution in [0.4, 0.5) is 0 Å². The quantitative estimate of drug-likeness (QED) is 0.324. The zero-order chi connectivity index (χ0) is 22.1. The molecule has 2 heterocycles. The fourth-order valence-electron chi connectivity index (χ4n) is 3.37. The summed E-state index contributed by atoms with van der Waals surface area (Å²) in [4.78, 5) is 17.7. The van der Waals surface area contributed by atoms with Crippen LogP contribution in [-0.4, -0.2) is 24.3 Å². The van der Waals surface area contributed by atoms with E-state index in [1.807, 2.05) is 12.1 Å². The number of phenolic OH excluding ortho intramolecular Hbond substituents is 1. The molecule has 0 atom stereocenters. The van der Waals surface area contributed by atoms with Crippen molar-refractivity contribution in [2.75, 3.05) is 14.2 Å². The van der Waals surface area contributed by atoms with E-state index in [2.05, 4.69) is 36.8 Å². The molecule has 0 saturated carbocycles. The van der Waals surface area contributed by atoms with Gasteiger partial charge in [-0.25, -0.2) is 4.98 Å². The van der Waals surface area contributed by atoms with E-state index in [4.69, 9.17) is 13.9 Å². The SMILES string of the molecule is COc1cc(Br)c(-c2oc3cc(O)ccc3c(=O)c2Cc2cccnc2Br)cc1OC. The number of aromatic nitrogens is 1. The number of hydrogen-bond donors (Lipinski definition) is 1. The van der Waals surface area contributed by atoms with Gasteiger partial charge in [-0.2, -0.15) is 0 Å². The average Bonchev–Trinajstić information content (AvgIpc) is 2.76. The first-order valence-electron chi connectivity index (χ1n) is 9.23. The molecule has 31 heavy (non-hydrogen) atoms. The summed E-state index contributed by atoms with van der Waals surface area (Å²) < 4.78 is 18.3. The second kappa shape index (κ2) is 8.72. The average molecular weight is 547 g/mol. The van der Waals surface area contributed by atoms with Gasteiger partial charge in [-0.15, -0.1) is 0 Å². The van der Waals surface area contributed by atoms with Crippen molar-refractivity contribution < 1.29 is 19.0 Å². The Labute approximate surface area is 194 Å². The summed E-state index contributed by atoms with van der Waals surface area (Å²) in [5, 5.41) is 10.3. The van der Waals surface area contributed by atoms with E-state index in [1.54, 1.807) is 31.5 Å². The highest BCUT2D eigenvalue weighted by molar-refractivity contribution is 9.10. The Morgan fingerprint density at radius 3 is 2.52 bits per heavy atom. The minimum Gasteiger partial charge on any atom is -0.508 e. The van der Waals surface area contributed by atoms with Gasteiger partial charge >= 0.3 is 0 Å². The molecule has 2 aromatic carbocycles. The van der Waals surface area contributed by atoms with E-state index < -0.39 is 0 Å². The molecule has 0 unspecified atom stereocenters. The van der Waals surface area contributed by atoms with Gasteiger partial charge in [-0.05, 0) is 67.8 Å². The van der Waals surface area contributed by atoms with Crippen molar-refractivity contribution in [1.82, 2.24) is 4.98 Å². The molecule has 0 aliphatic heterocycles. The van der Waals surface area contributed by atoms with Gasteiger partial charge in [0.2, 0.25) is 0 Å². The molecule has 158 valence electrons. The van der Waals surface area contributed by atoms with E-state index in [-0.39, 0.29) is 16.8 Å². The molecule has 0 aliphatic rings. The Kier molecular flexibility index (Phi) is 6.02. The summed E-state index contributed by atoms with van der Waals surface area (Å²) in [5.74, 6) is 1.41. The first kappa shape index (κ1) is 21.4. The molecule has 8 heteroatoms. The Morgan fingerprint density at radius 1 is 1.06 bits per heavy atom. The first-order chi connectivity index (χ1) is 14.9. The summed E-state index contributed by atoms with van der Waals surface area (Å²) in [6.07, 6.45) is 1.97. The molecule has 0 saturated heterocycles. The van der Waals surface area contributed by atoms with E-state index in [0.29, 0.717) is 49.3 Å². The number of phenols is 1. The molecule has 0 radical (unpaired) electrons. The van der Waals surface area contributed by atoms with Crippen LogP contribution in [0.3, 0.4) is 0 Å². The van der Waals surface area contributed by atoms with Crippen LogP contribution < -0.4 is 14.9 Å². The number of nitrogens with zero attached hydrogens (tertiary/aromatic N) is 1. The minimum atomic E-state index is -0.186. The first-order valence-corrected chi connectivity index (χ1v) is 10.8. The number of rotatable bonds is 5. The van der Waals surface area contributed by atoms with Crippen molar-refractivity contribution >= 4 is 42.8 Å². The highest BCUT2D eigenvalue weighted by Crippen LogP contribution is 2.40. The molecule has 1 N–H and O–H groups in total. The number of ether oxygens (including phenoxy) is 2. The predicted molar refractivity (Wildman–Crippen MR) is 125 cm³/mol. The Bertz CT molecular complexity index is 1350. The largest absolute Gasteiger partial charge is 0.508 e. The zero-order valence-electron chi connectivity index (χ0n) is 16.6. The molecule has 2 aromatic heterocycles. The van der Waals surface area contributed by atoms with Crippen molar-refractivity contribution in [1.29, 1.82) is 0 Å². The third-order valence-electron chi connectivity index (χ3n) is 4.89. The topological polar surface area (TPSA) is 81.8 Å². The Balaban J connectivity index is 2.04. The summed E-state index contributed by atoms with van der Waals surface area (Å²) in [6.45, 7) is 0. The van der Waals surface area contributed by atoms with Gasteiger partial charge in [0.05, 0.1) is 19.6 Å². The van der Waals surface area contributed by atoms with Crippen molar-refractivity contribution in [3.8, 4) is 28.6 Å². The number of fused-ring (bicyclic) bond motifs is 1. The van der Waals surface area contributed by atoms with Gasteiger partial charge < -0.3 is 19.0 Å². The summed E-state index contributed by atoms with van der Waals surface area (Å²) in [6, 6.07) is 11.7. The van der Waals surface area contributed by atoms with Crippen molar-refractivity contribution in [3.63, 3.8) is 0 Å². The molecule has 0 fully saturated rings. The molecule has 0 bridgehead atoms. The second-order valence-corrected chi connectivity index (χ2v) is 8.34. The monoisotopic (exact) mass is 545 g/mol. The molecule has 0 amide bonds. The Morgan fingerprint density at radius 2 is 1.81 bits per heavy atom. The predicted octanol–water partition coefficient (Wildman–Crippen LogP) is 5.69. The Hall–Kier alpha value is -2.84. The number of halogens is 2. The van der Waals surface area contributed by atoms with E-state index in [9.17, 15) is 9.90 Å². The summed E-state index contributed by atoms with van der Waals surface area (Å²) in [7, 11) is 3.09. The smallest absolute Gasteiger partial charge is 0.196 e. The van der Waals surface area contributed by atoms with Crippen LogP contribution in [-0.2, 0) is 6.42 Å². The van der Waals surface area contributed by atoms with Gasteiger partial charge in [-0.1, -0.05) is 6.07 Å². The maximum atomic E-state index is 13.5. The summed E-state index contributed by atoms with van der Waals surface area (Å²) in [5.41, 5.74) is 2.02. The number of aromatic hydroxyl groups is 1. The van der Waals surface area contributed by atoms with E-state index in [1.165, 1.54) is 19.2 Å². The molecule has 4 aromatic rings. The van der Waals surface area contributed by atoms with Gasteiger partial charge in [0, 0.05) is 34.3 Å². The molecule has 0 spiro atoms. The third-order valence-corrected chi connectivity index (χ3v) is 6.26. The maximum Gasteiger partial charge on any atom is 0.196 e. The number of pyridine rings is 1. The van der Waals surface area contributed by atoms with Crippen LogP contribution >= 0.6 is 31.9 Å². The lowest BCUT2D eigenvalue weighted by Gasteiger charge is -2.15. The minimum absolute atomic E-state index is 0.00994. The van der Waals surface area contributed by atoms with Crippen LogP contribution in [0.1, 0.15) is 11.1 Å². The lowest BCUT2D eigenvalue weighted by Crippen LogP contribution is -2.12. The fourth-order valence-corrected chi connectivity index (χ4v) is 4.26. The molecule has 6 nitrogen and oxygen atoms in total. The van der Waals surface area contributed by atoms with Gasteiger partial charge in [0.25, 0.3) is 0 Å². The van der Waals surface area contributed by atoms with Crippen LogP contribution in [0.25, 0.3) is 22.3 Å².